The Morgan fingerprint density at radius 3 is 2.93 bits per heavy atom. The minimum absolute atomic E-state index is 0.668. The van der Waals surface area contributed by atoms with Gasteiger partial charge in [0.25, 0.3) is 0 Å². The van der Waals surface area contributed by atoms with Crippen molar-refractivity contribution in [1.82, 2.24) is 4.98 Å². The molecule has 0 amide bonds. The summed E-state index contributed by atoms with van der Waals surface area (Å²) in [6.45, 7) is 0.668. The van der Waals surface area contributed by atoms with Crippen molar-refractivity contribution in [3.05, 3.63) is 36.0 Å². The first-order valence-corrected chi connectivity index (χ1v) is 4.64. The summed E-state index contributed by atoms with van der Waals surface area (Å²) in [6.07, 6.45) is 2.57. The largest absolute Gasteiger partial charge is 0.330 e. The van der Waals surface area contributed by atoms with Crippen molar-refractivity contribution in [1.29, 1.82) is 0 Å². The second-order valence-corrected chi connectivity index (χ2v) is 3.33. The van der Waals surface area contributed by atoms with Gasteiger partial charge in [0.2, 0.25) is 0 Å². The molecule has 0 saturated carbocycles. The molecule has 0 bridgehead atoms. The van der Waals surface area contributed by atoms with Crippen LogP contribution in [0.25, 0.3) is 10.9 Å². The molecule has 0 atom stereocenters. The molecule has 1 aromatic heterocycles. The van der Waals surface area contributed by atoms with Gasteiger partial charge in [-0.1, -0.05) is 17.6 Å². The van der Waals surface area contributed by atoms with Crippen LogP contribution in [0.15, 0.2) is 30.5 Å². The van der Waals surface area contributed by atoms with Crippen LogP contribution in [0, 0.1) is 0 Å². The third-order valence-electron chi connectivity index (χ3n) is 2.20. The highest BCUT2D eigenvalue weighted by Gasteiger charge is 1.97. The van der Waals surface area contributed by atoms with Crippen LogP contribution in [0.4, 0.5) is 0 Å². The Morgan fingerprint density at radius 2 is 2.14 bits per heavy atom. The lowest BCUT2D eigenvalue weighted by Gasteiger charge is -2.02. The lowest BCUT2D eigenvalue weighted by Crippen LogP contribution is -2.04. The van der Waals surface area contributed by atoms with E-state index in [-0.39, 0.29) is 0 Å². The molecule has 2 rings (SSSR count). The van der Waals surface area contributed by atoms with Crippen LogP contribution in [0.1, 0.15) is 5.56 Å². The normalized spacial score (nSPS) is 10.6. The summed E-state index contributed by atoms with van der Waals surface area (Å²) < 4.78 is 0. The maximum Gasteiger partial charge on any atom is 0.115 e. The molecule has 0 aliphatic rings. The molecule has 0 aliphatic carbocycles. The number of nitrogens with zero attached hydrogens (tertiary/aromatic N) is 1. The van der Waals surface area contributed by atoms with Crippen LogP contribution in [-0.4, -0.2) is 19.4 Å². The van der Waals surface area contributed by atoms with E-state index in [1.807, 2.05) is 12.1 Å². The lowest BCUT2D eigenvalue weighted by molar-refractivity contribution is 0.971. The molecule has 1 aromatic carbocycles. The molecule has 0 fully saturated rings. The lowest BCUT2D eigenvalue weighted by atomic mass is 9.96. The van der Waals surface area contributed by atoms with Crippen molar-refractivity contribution < 1.29 is 0 Å². The minimum Gasteiger partial charge on any atom is -0.330 e. The molecule has 0 unspecified atom stereocenters. The molecular formula is C11H11BN2. The van der Waals surface area contributed by atoms with E-state index in [1.165, 1.54) is 5.56 Å². The number of rotatable bonds is 2. The Kier molecular flexibility index (Phi) is 2.50. The van der Waals surface area contributed by atoms with Gasteiger partial charge in [-0.3, -0.25) is 4.98 Å². The van der Waals surface area contributed by atoms with Gasteiger partial charge in [-0.15, -0.1) is 0 Å². The van der Waals surface area contributed by atoms with Crippen molar-refractivity contribution in [2.75, 3.05) is 6.54 Å². The zero-order valence-corrected chi connectivity index (χ0v) is 7.90. The molecule has 0 aliphatic heterocycles. The monoisotopic (exact) mass is 182 g/mol. The molecule has 0 spiro atoms. The second kappa shape index (κ2) is 3.80. The second-order valence-electron chi connectivity index (χ2n) is 3.33. The average molecular weight is 182 g/mol. The summed E-state index contributed by atoms with van der Waals surface area (Å²) in [5.41, 5.74) is 8.39. The first-order chi connectivity index (χ1) is 6.79. The third kappa shape index (κ3) is 1.78. The van der Waals surface area contributed by atoms with Gasteiger partial charge in [0.1, 0.15) is 7.85 Å². The van der Waals surface area contributed by atoms with Gasteiger partial charge in [-0.25, -0.2) is 0 Å². The quantitative estimate of drug-likeness (QED) is 0.688. The van der Waals surface area contributed by atoms with Gasteiger partial charge in [0.05, 0.1) is 5.52 Å². The molecule has 68 valence electrons. The summed E-state index contributed by atoms with van der Waals surface area (Å²) in [4.78, 5) is 4.23. The number of hydrogen-bond donors (Lipinski definition) is 1. The first-order valence-electron chi connectivity index (χ1n) is 4.64. The zero-order chi connectivity index (χ0) is 9.97. The van der Waals surface area contributed by atoms with Crippen LogP contribution in [0.2, 0.25) is 0 Å². The maximum atomic E-state index is 5.66. The van der Waals surface area contributed by atoms with Crippen LogP contribution in [0.5, 0.6) is 0 Å². The topological polar surface area (TPSA) is 38.9 Å². The smallest absolute Gasteiger partial charge is 0.115 e. The molecule has 0 saturated heterocycles. The van der Waals surface area contributed by atoms with Crippen LogP contribution >= 0.6 is 0 Å². The highest BCUT2D eigenvalue weighted by atomic mass is 14.6. The Balaban J connectivity index is 2.52. The fourth-order valence-electron chi connectivity index (χ4n) is 1.52. The zero-order valence-electron chi connectivity index (χ0n) is 7.90. The van der Waals surface area contributed by atoms with Crippen molar-refractivity contribution in [3.8, 4) is 0 Å². The number of fused-ring (bicyclic) bond motifs is 1. The molecule has 2 nitrogen and oxygen atoms in total. The van der Waals surface area contributed by atoms with E-state index in [0.29, 0.717) is 12.0 Å². The fourth-order valence-corrected chi connectivity index (χ4v) is 1.52. The Morgan fingerprint density at radius 1 is 1.29 bits per heavy atom. The van der Waals surface area contributed by atoms with Gasteiger partial charge in [-0.05, 0) is 36.0 Å². The minimum atomic E-state index is 0.668. The highest BCUT2D eigenvalue weighted by molar-refractivity contribution is 6.32. The van der Waals surface area contributed by atoms with Gasteiger partial charge < -0.3 is 5.73 Å². The van der Waals surface area contributed by atoms with Gasteiger partial charge >= 0.3 is 0 Å². The Bertz CT molecular complexity index is 454. The number of aromatic nitrogens is 1. The van der Waals surface area contributed by atoms with E-state index in [9.17, 15) is 0 Å². The molecular weight excluding hydrogens is 171 g/mol. The predicted molar refractivity (Wildman–Crippen MR) is 59.9 cm³/mol. The molecule has 2 N–H and O–H groups in total. The molecule has 1 heterocycles. The van der Waals surface area contributed by atoms with Crippen LogP contribution < -0.4 is 11.2 Å². The van der Waals surface area contributed by atoms with Crippen molar-refractivity contribution in [2.45, 2.75) is 6.42 Å². The van der Waals surface area contributed by atoms with E-state index in [1.54, 1.807) is 6.20 Å². The van der Waals surface area contributed by atoms with Crippen LogP contribution in [-0.2, 0) is 6.42 Å². The van der Waals surface area contributed by atoms with E-state index < -0.39 is 0 Å². The van der Waals surface area contributed by atoms with E-state index in [0.717, 1.165) is 17.3 Å². The van der Waals surface area contributed by atoms with Crippen molar-refractivity contribution >= 4 is 24.2 Å². The molecule has 14 heavy (non-hydrogen) atoms. The number of nitrogens with two attached hydrogens (primary N) is 1. The Hall–Kier alpha value is -1.35. The summed E-state index contributed by atoms with van der Waals surface area (Å²) in [7, 11) is 5.66. The predicted octanol–water partition coefficient (Wildman–Crippen LogP) is 0.530. The Labute approximate surface area is 84.6 Å². The fraction of sp³-hybridized carbons (Fsp3) is 0.182. The standard InChI is InChI=1S/C11H11BN2/c12-10-6-9-5-8(3-4-13)1-2-11(9)14-7-10/h1-2,5-7H,3-4,13H2. The number of benzene rings is 1. The average Bonchev–Trinajstić information content (AvgIpc) is 2.17. The SMILES string of the molecule is [B]c1cnc2ccc(CCN)cc2c1. The first kappa shape index (κ1) is 9.22. The van der Waals surface area contributed by atoms with Crippen molar-refractivity contribution in [2.24, 2.45) is 5.73 Å². The summed E-state index contributed by atoms with van der Waals surface area (Å²) in [5, 5.41) is 1.08. The molecule has 2 aromatic rings. The van der Waals surface area contributed by atoms with Crippen LogP contribution in [0.3, 0.4) is 0 Å². The maximum absolute atomic E-state index is 5.66. The molecule has 3 heteroatoms. The van der Waals surface area contributed by atoms with E-state index in [4.69, 9.17) is 13.6 Å². The number of hydrogen-bond acceptors (Lipinski definition) is 2. The van der Waals surface area contributed by atoms with Crippen molar-refractivity contribution in [3.63, 3.8) is 0 Å². The number of pyridine rings is 1. The molecule has 2 radical (unpaired) electrons. The van der Waals surface area contributed by atoms with Gasteiger partial charge in [0, 0.05) is 6.20 Å². The van der Waals surface area contributed by atoms with E-state index >= 15 is 0 Å². The summed E-state index contributed by atoms with van der Waals surface area (Å²) in [5.74, 6) is 0. The van der Waals surface area contributed by atoms with Gasteiger partial charge in [0.15, 0.2) is 0 Å². The summed E-state index contributed by atoms with van der Waals surface area (Å²) in [6, 6.07) is 8.08. The van der Waals surface area contributed by atoms with E-state index in [2.05, 4.69) is 17.1 Å². The summed E-state index contributed by atoms with van der Waals surface area (Å²) >= 11 is 0. The van der Waals surface area contributed by atoms with Gasteiger partial charge in [-0.2, -0.15) is 0 Å². The highest BCUT2D eigenvalue weighted by Crippen LogP contribution is 2.12. The third-order valence-corrected chi connectivity index (χ3v) is 2.20.